The topological polar surface area (TPSA) is 89.2 Å². The fourth-order valence-corrected chi connectivity index (χ4v) is 2.65. The summed E-state index contributed by atoms with van der Waals surface area (Å²) in [5.74, 6) is 0.818. The van der Waals surface area contributed by atoms with Gasteiger partial charge in [-0.1, -0.05) is 24.3 Å². The molecule has 0 radical (unpaired) electrons. The van der Waals surface area contributed by atoms with E-state index in [4.69, 9.17) is 10.5 Å². The SMILES string of the molecule is CCNC(=NCc1cccc(OCC(N)=O)c1)N(C)Cc1ccc(OC(F)F)cc1.I. The van der Waals surface area contributed by atoms with Crippen molar-refractivity contribution in [2.75, 3.05) is 20.2 Å². The minimum atomic E-state index is -2.84. The number of halogens is 3. The summed E-state index contributed by atoms with van der Waals surface area (Å²) in [4.78, 5) is 17.4. The van der Waals surface area contributed by atoms with E-state index < -0.39 is 12.5 Å². The van der Waals surface area contributed by atoms with E-state index in [1.165, 1.54) is 12.1 Å². The Kier molecular flexibility index (Phi) is 11.6. The molecule has 0 aliphatic carbocycles. The summed E-state index contributed by atoms with van der Waals surface area (Å²) in [7, 11) is 1.89. The molecule has 0 atom stereocenters. The highest BCUT2D eigenvalue weighted by Gasteiger charge is 2.09. The summed E-state index contributed by atoms with van der Waals surface area (Å²) in [6.45, 7) is 0.568. The van der Waals surface area contributed by atoms with Crippen molar-refractivity contribution in [2.45, 2.75) is 26.6 Å². The number of hydrogen-bond acceptors (Lipinski definition) is 4. The first-order chi connectivity index (χ1) is 14.4. The van der Waals surface area contributed by atoms with Crippen molar-refractivity contribution in [3.8, 4) is 11.5 Å². The van der Waals surface area contributed by atoms with Gasteiger partial charge < -0.3 is 25.4 Å². The molecule has 0 aliphatic heterocycles. The number of benzene rings is 2. The smallest absolute Gasteiger partial charge is 0.387 e. The summed E-state index contributed by atoms with van der Waals surface area (Å²) in [6, 6.07) is 13.8. The molecule has 3 N–H and O–H groups in total. The Balaban J connectivity index is 0.00000480. The Bertz CT molecular complexity index is 851. The normalized spacial score (nSPS) is 10.9. The lowest BCUT2D eigenvalue weighted by molar-refractivity contribution is -0.119. The van der Waals surface area contributed by atoms with Gasteiger partial charge in [0.15, 0.2) is 12.6 Å². The Morgan fingerprint density at radius 3 is 2.48 bits per heavy atom. The largest absolute Gasteiger partial charge is 0.484 e. The summed E-state index contributed by atoms with van der Waals surface area (Å²) >= 11 is 0. The average molecular weight is 548 g/mol. The van der Waals surface area contributed by atoms with Crippen LogP contribution in [0.15, 0.2) is 53.5 Å². The molecule has 2 rings (SSSR count). The molecule has 7 nitrogen and oxygen atoms in total. The maximum absolute atomic E-state index is 12.3. The Labute approximate surface area is 197 Å². The molecule has 0 unspecified atom stereocenters. The van der Waals surface area contributed by atoms with Gasteiger partial charge in [-0.05, 0) is 42.3 Å². The van der Waals surface area contributed by atoms with E-state index in [1.54, 1.807) is 24.3 Å². The predicted octanol–water partition coefficient (Wildman–Crippen LogP) is 3.37. The standard InChI is InChI=1S/C21H26F2N4O3.HI/c1-3-25-21(26-12-16-5-4-6-18(11-16)29-14-19(24)28)27(2)13-15-7-9-17(10-8-15)30-20(22)23;/h4-11,20H,3,12-14H2,1-2H3,(H2,24,28)(H,25,26);1H. The summed E-state index contributed by atoms with van der Waals surface area (Å²) in [5.41, 5.74) is 6.93. The number of amides is 1. The quantitative estimate of drug-likeness (QED) is 0.270. The number of primary amides is 1. The number of hydrogen-bond donors (Lipinski definition) is 2. The van der Waals surface area contributed by atoms with Crippen LogP contribution in [0.25, 0.3) is 0 Å². The van der Waals surface area contributed by atoms with Crippen LogP contribution in [0.3, 0.4) is 0 Å². The molecular formula is C21H27F2IN4O3. The number of nitrogens with two attached hydrogens (primary N) is 1. The van der Waals surface area contributed by atoms with Crippen molar-refractivity contribution in [2.24, 2.45) is 10.7 Å². The molecule has 2 aromatic rings. The maximum atomic E-state index is 12.3. The van der Waals surface area contributed by atoms with Crippen LogP contribution in [0.5, 0.6) is 11.5 Å². The highest BCUT2D eigenvalue weighted by atomic mass is 127. The summed E-state index contributed by atoms with van der Waals surface area (Å²) < 4.78 is 34.2. The van der Waals surface area contributed by atoms with E-state index in [0.717, 1.165) is 11.1 Å². The first-order valence-corrected chi connectivity index (χ1v) is 9.40. The van der Waals surface area contributed by atoms with Gasteiger partial charge in [0.2, 0.25) is 0 Å². The highest BCUT2D eigenvalue weighted by molar-refractivity contribution is 14.0. The van der Waals surface area contributed by atoms with Crippen molar-refractivity contribution >= 4 is 35.8 Å². The molecule has 170 valence electrons. The van der Waals surface area contributed by atoms with Gasteiger partial charge in [0.1, 0.15) is 11.5 Å². The Morgan fingerprint density at radius 2 is 1.87 bits per heavy atom. The Hall–Kier alpha value is -2.63. The lowest BCUT2D eigenvalue weighted by atomic mass is 10.2. The van der Waals surface area contributed by atoms with E-state index in [-0.39, 0.29) is 36.3 Å². The zero-order valence-electron chi connectivity index (χ0n) is 17.4. The molecule has 1 amide bonds. The van der Waals surface area contributed by atoms with Crippen LogP contribution in [0.1, 0.15) is 18.1 Å². The van der Waals surface area contributed by atoms with Crippen LogP contribution in [-0.4, -0.2) is 43.6 Å². The van der Waals surface area contributed by atoms with Crippen LogP contribution in [0.4, 0.5) is 8.78 Å². The molecule has 0 spiro atoms. The maximum Gasteiger partial charge on any atom is 0.387 e. The lowest BCUT2D eigenvalue weighted by Crippen LogP contribution is -2.38. The molecule has 2 aromatic carbocycles. The van der Waals surface area contributed by atoms with Crippen LogP contribution >= 0.6 is 24.0 Å². The number of carbonyl (C=O) groups is 1. The summed E-state index contributed by atoms with van der Waals surface area (Å²) in [5, 5.41) is 3.22. The molecular weight excluding hydrogens is 521 g/mol. The van der Waals surface area contributed by atoms with E-state index in [9.17, 15) is 13.6 Å². The number of nitrogens with zero attached hydrogens (tertiary/aromatic N) is 2. The second-order valence-corrected chi connectivity index (χ2v) is 6.45. The number of aliphatic imine (C=N–C) groups is 1. The molecule has 0 heterocycles. The van der Waals surface area contributed by atoms with Crippen molar-refractivity contribution in [1.29, 1.82) is 0 Å². The van der Waals surface area contributed by atoms with E-state index in [0.29, 0.717) is 31.3 Å². The highest BCUT2D eigenvalue weighted by Crippen LogP contribution is 2.16. The van der Waals surface area contributed by atoms with Gasteiger partial charge in [0.25, 0.3) is 5.91 Å². The van der Waals surface area contributed by atoms with Crippen molar-refractivity contribution < 1.29 is 23.0 Å². The van der Waals surface area contributed by atoms with Gasteiger partial charge in [-0.15, -0.1) is 24.0 Å². The zero-order valence-corrected chi connectivity index (χ0v) is 19.7. The third-order valence-corrected chi connectivity index (χ3v) is 3.96. The minimum absolute atomic E-state index is 0. The molecule has 0 bridgehead atoms. The van der Waals surface area contributed by atoms with Crippen LogP contribution in [0, 0.1) is 0 Å². The second-order valence-electron chi connectivity index (χ2n) is 6.45. The fourth-order valence-electron chi connectivity index (χ4n) is 2.65. The first kappa shape index (κ1) is 26.4. The van der Waals surface area contributed by atoms with Gasteiger partial charge in [0, 0.05) is 20.1 Å². The van der Waals surface area contributed by atoms with Crippen LogP contribution in [-0.2, 0) is 17.9 Å². The van der Waals surface area contributed by atoms with Crippen molar-refractivity contribution in [1.82, 2.24) is 10.2 Å². The van der Waals surface area contributed by atoms with Crippen LogP contribution in [0.2, 0.25) is 0 Å². The second kappa shape index (κ2) is 13.6. The zero-order chi connectivity index (χ0) is 21.9. The number of alkyl halides is 2. The molecule has 10 heteroatoms. The summed E-state index contributed by atoms with van der Waals surface area (Å²) in [6.07, 6.45) is 0. The third kappa shape index (κ3) is 9.81. The van der Waals surface area contributed by atoms with Gasteiger partial charge in [-0.2, -0.15) is 8.78 Å². The van der Waals surface area contributed by atoms with Gasteiger partial charge in [0.05, 0.1) is 6.54 Å². The van der Waals surface area contributed by atoms with E-state index >= 15 is 0 Å². The number of guanidine groups is 1. The van der Waals surface area contributed by atoms with Crippen molar-refractivity contribution in [3.05, 3.63) is 59.7 Å². The lowest BCUT2D eigenvalue weighted by Gasteiger charge is -2.22. The minimum Gasteiger partial charge on any atom is -0.484 e. The molecule has 0 saturated heterocycles. The molecule has 0 saturated carbocycles. The average Bonchev–Trinajstić information content (AvgIpc) is 2.71. The number of ether oxygens (including phenoxy) is 2. The fraction of sp³-hybridized carbons (Fsp3) is 0.333. The third-order valence-electron chi connectivity index (χ3n) is 3.96. The first-order valence-electron chi connectivity index (χ1n) is 9.40. The monoisotopic (exact) mass is 548 g/mol. The number of carbonyl (C=O) groups excluding carboxylic acids is 1. The Morgan fingerprint density at radius 1 is 1.16 bits per heavy atom. The van der Waals surface area contributed by atoms with Gasteiger partial charge in [-0.25, -0.2) is 4.99 Å². The number of rotatable bonds is 10. The van der Waals surface area contributed by atoms with E-state index in [2.05, 4.69) is 15.0 Å². The number of nitrogens with one attached hydrogen (secondary N) is 1. The van der Waals surface area contributed by atoms with Gasteiger partial charge >= 0.3 is 6.61 Å². The van der Waals surface area contributed by atoms with Gasteiger partial charge in [-0.3, -0.25) is 4.79 Å². The molecule has 0 fully saturated rings. The van der Waals surface area contributed by atoms with E-state index in [1.807, 2.05) is 31.0 Å². The molecule has 0 aliphatic rings. The predicted molar refractivity (Wildman–Crippen MR) is 126 cm³/mol. The van der Waals surface area contributed by atoms with Crippen molar-refractivity contribution in [3.63, 3.8) is 0 Å². The molecule has 31 heavy (non-hydrogen) atoms. The van der Waals surface area contributed by atoms with Crippen LogP contribution < -0.4 is 20.5 Å². The molecule has 0 aromatic heterocycles.